The second kappa shape index (κ2) is 5.25. The molecular formula is C15H17FN2O2. The number of halogens is 1. The molecule has 2 heterocycles. The zero-order valence-electron chi connectivity index (χ0n) is 11.3. The average molecular weight is 276 g/mol. The number of hydrogen-bond acceptors (Lipinski definition) is 2. The van der Waals surface area contributed by atoms with Crippen molar-refractivity contribution in [2.75, 3.05) is 13.2 Å². The highest BCUT2D eigenvalue weighted by Crippen LogP contribution is 2.22. The molecule has 0 radical (unpaired) electrons. The Morgan fingerprint density at radius 2 is 2.40 bits per heavy atom. The maximum atomic E-state index is 13.2. The van der Waals surface area contributed by atoms with Gasteiger partial charge in [0.05, 0.1) is 6.10 Å². The van der Waals surface area contributed by atoms with Crippen molar-refractivity contribution in [3.05, 3.63) is 35.3 Å². The molecule has 1 fully saturated rings. The fraction of sp³-hybridized carbons (Fsp3) is 0.400. The van der Waals surface area contributed by atoms with Crippen molar-refractivity contribution in [3.8, 4) is 0 Å². The summed E-state index contributed by atoms with van der Waals surface area (Å²) in [6.45, 7) is 3.10. The summed E-state index contributed by atoms with van der Waals surface area (Å²) in [4.78, 5) is 15.2. The number of ether oxygens (including phenoxy) is 1. The smallest absolute Gasteiger partial charge is 0.268 e. The molecule has 106 valence electrons. The maximum absolute atomic E-state index is 13.2. The van der Waals surface area contributed by atoms with Crippen molar-refractivity contribution >= 4 is 16.8 Å². The molecule has 0 saturated carbocycles. The average Bonchev–Trinajstić information content (AvgIpc) is 3.05. The van der Waals surface area contributed by atoms with Gasteiger partial charge in [-0.25, -0.2) is 4.39 Å². The van der Waals surface area contributed by atoms with Gasteiger partial charge in [-0.15, -0.1) is 0 Å². The summed E-state index contributed by atoms with van der Waals surface area (Å²) < 4.78 is 18.7. The molecule has 0 spiro atoms. The molecule has 2 aromatic rings. The van der Waals surface area contributed by atoms with Crippen molar-refractivity contribution in [1.82, 2.24) is 10.3 Å². The number of aromatic nitrogens is 1. The van der Waals surface area contributed by atoms with Gasteiger partial charge in [-0.05, 0) is 43.5 Å². The number of amides is 1. The molecule has 0 aliphatic carbocycles. The number of rotatable bonds is 3. The highest BCUT2D eigenvalue weighted by molar-refractivity contribution is 6.00. The number of carbonyl (C=O) groups excluding carboxylic acids is 1. The first-order chi connectivity index (χ1) is 9.65. The summed E-state index contributed by atoms with van der Waals surface area (Å²) in [5, 5.41) is 3.61. The first-order valence-electron chi connectivity index (χ1n) is 6.83. The van der Waals surface area contributed by atoms with E-state index in [1.807, 2.05) is 6.92 Å². The summed E-state index contributed by atoms with van der Waals surface area (Å²) in [5.41, 5.74) is 2.03. The molecule has 1 aromatic heterocycles. The summed E-state index contributed by atoms with van der Waals surface area (Å²) in [7, 11) is 0. The molecule has 2 N–H and O–H groups in total. The van der Waals surface area contributed by atoms with E-state index in [4.69, 9.17) is 4.74 Å². The van der Waals surface area contributed by atoms with Gasteiger partial charge in [0.2, 0.25) is 0 Å². The standard InChI is InChI=1S/C15H17FN2O2/c1-9-12-7-10(16)4-5-13(12)18-14(9)15(19)17-8-11-3-2-6-20-11/h4-5,7,11,18H,2-3,6,8H2,1H3,(H,17,19). The minimum absolute atomic E-state index is 0.112. The Hall–Kier alpha value is -1.88. The molecule has 1 amide bonds. The van der Waals surface area contributed by atoms with Crippen LogP contribution in [0.2, 0.25) is 0 Å². The first kappa shape index (κ1) is 13.1. The van der Waals surface area contributed by atoms with Crippen LogP contribution < -0.4 is 5.32 Å². The lowest BCUT2D eigenvalue weighted by atomic mass is 10.1. The molecule has 1 aromatic carbocycles. The number of aromatic amines is 1. The Kier molecular flexibility index (Phi) is 3.44. The summed E-state index contributed by atoms with van der Waals surface area (Å²) in [6, 6.07) is 4.47. The lowest BCUT2D eigenvalue weighted by molar-refractivity contribution is 0.0854. The number of nitrogens with one attached hydrogen (secondary N) is 2. The van der Waals surface area contributed by atoms with E-state index in [0.29, 0.717) is 12.2 Å². The van der Waals surface area contributed by atoms with Crippen LogP contribution in [0.25, 0.3) is 10.9 Å². The molecule has 4 nitrogen and oxygen atoms in total. The number of benzene rings is 1. The molecule has 20 heavy (non-hydrogen) atoms. The van der Waals surface area contributed by atoms with E-state index in [9.17, 15) is 9.18 Å². The van der Waals surface area contributed by atoms with Crippen LogP contribution in [0.4, 0.5) is 4.39 Å². The molecule has 1 aliphatic heterocycles. The van der Waals surface area contributed by atoms with E-state index in [1.165, 1.54) is 12.1 Å². The van der Waals surface area contributed by atoms with Crippen LogP contribution in [-0.2, 0) is 4.74 Å². The Labute approximate surface area is 116 Å². The molecule has 5 heteroatoms. The predicted molar refractivity (Wildman–Crippen MR) is 74.3 cm³/mol. The van der Waals surface area contributed by atoms with E-state index < -0.39 is 0 Å². The Morgan fingerprint density at radius 3 is 3.15 bits per heavy atom. The third kappa shape index (κ3) is 2.41. The van der Waals surface area contributed by atoms with Gasteiger partial charge in [-0.2, -0.15) is 0 Å². The summed E-state index contributed by atoms with van der Waals surface area (Å²) in [6.07, 6.45) is 2.14. The Morgan fingerprint density at radius 1 is 1.55 bits per heavy atom. The SMILES string of the molecule is Cc1c(C(=O)NCC2CCCO2)[nH]c2ccc(F)cc12. The van der Waals surface area contributed by atoms with E-state index in [0.717, 1.165) is 35.9 Å². The van der Waals surface area contributed by atoms with Gasteiger partial charge in [0.15, 0.2) is 0 Å². The van der Waals surface area contributed by atoms with E-state index in [1.54, 1.807) is 6.07 Å². The van der Waals surface area contributed by atoms with Crippen LogP contribution in [0.1, 0.15) is 28.9 Å². The topological polar surface area (TPSA) is 54.1 Å². The van der Waals surface area contributed by atoms with Crippen molar-refractivity contribution in [1.29, 1.82) is 0 Å². The van der Waals surface area contributed by atoms with Gasteiger partial charge in [-0.3, -0.25) is 4.79 Å². The Bertz CT molecular complexity index is 645. The van der Waals surface area contributed by atoms with Gasteiger partial charge in [0, 0.05) is 24.1 Å². The van der Waals surface area contributed by atoms with E-state index in [-0.39, 0.29) is 17.8 Å². The van der Waals surface area contributed by atoms with Crippen molar-refractivity contribution in [2.45, 2.75) is 25.9 Å². The fourth-order valence-electron chi connectivity index (χ4n) is 2.63. The zero-order valence-corrected chi connectivity index (χ0v) is 11.3. The monoisotopic (exact) mass is 276 g/mol. The highest BCUT2D eigenvalue weighted by atomic mass is 19.1. The van der Waals surface area contributed by atoms with Crippen molar-refractivity contribution < 1.29 is 13.9 Å². The number of carbonyl (C=O) groups is 1. The summed E-state index contributed by atoms with van der Waals surface area (Å²) in [5.74, 6) is -0.472. The van der Waals surface area contributed by atoms with Gasteiger partial charge in [0.1, 0.15) is 11.5 Å². The van der Waals surface area contributed by atoms with Crippen LogP contribution in [-0.4, -0.2) is 30.1 Å². The first-order valence-corrected chi connectivity index (χ1v) is 6.83. The number of fused-ring (bicyclic) bond motifs is 1. The lowest BCUT2D eigenvalue weighted by Gasteiger charge is -2.10. The molecule has 1 atom stereocenters. The van der Waals surface area contributed by atoms with Crippen LogP contribution in [0.3, 0.4) is 0 Å². The second-order valence-electron chi connectivity index (χ2n) is 5.16. The van der Waals surface area contributed by atoms with Crippen LogP contribution in [0.15, 0.2) is 18.2 Å². The maximum Gasteiger partial charge on any atom is 0.268 e. The minimum atomic E-state index is -0.300. The zero-order chi connectivity index (χ0) is 14.1. The molecule has 3 rings (SSSR count). The van der Waals surface area contributed by atoms with Crippen molar-refractivity contribution in [3.63, 3.8) is 0 Å². The van der Waals surface area contributed by atoms with E-state index >= 15 is 0 Å². The third-order valence-electron chi connectivity index (χ3n) is 3.76. The van der Waals surface area contributed by atoms with Crippen LogP contribution >= 0.6 is 0 Å². The van der Waals surface area contributed by atoms with Gasteiger partial charge < -0.3 is 15.0 Å². The number of hydrogen-bond donors (Lipinski definition) is 2. The van der Waals surface area contributed by atoms with Gasteiger partial charge >= 0.3 is 0 Å². The molecule has 1 aliphatic rings. The highest BCUT2D eigenvalue weighted by Gasteiger charge is 2.19. The van der Waals surface area contributed by atoms with Crippen LogP contribution in [0, 0.1) is 12.7 Å². The second-order valence-corrected chi connectivity index (χ2v) is 5.16. The van der Waals surface area contributed by atoms with Crippen LogP contribution in [0.5, 0.6) is 0 Å². The van der Waals surface area contributed by atoms with Gasteiger partial charge in [-0.1, -0.05) is 0 Å². The molecule has 1 saturated heterocycles. The van der Waals surface area contributed by atoms with Gasteiger partial charge in [0.25, 0.3) is 5.91 Å². The lowest BCUT2D eigenvalue weighted by Crippen LogP contribution is -2.32. The van der Waals surface area contributed by atoms with E-state index in [2.05, 4.69) is 10.3 Å². The Balaban J connectivity index is 1.78. The quantitative estimate of drug-likeness (QED) is 0.905. The minimum Gasteiger partial charge on any atom is -0.376 e. The molecular weight excluding hydrogens is 259 g/mol. The van der Waals surface area contributed by atoms with Crippen molar-refractivity contribution in [2.24, 2.45) is 0 Å². The molecule has 1 unspecified atom stereocenters. The third-order valence-corrected chi connectivity index (χ3v) is 3.76. The number of aryl methyl sites for hydroxylation is 1. The molecule has 0 bridgehead atoms. The normalized spacial score (nSPS) is 18.6. The number of H-pyrrole nitrogens is 1. The summed E-state index contributed by atoms with van der Waals surface area (Å²) >= 11 is 0. The largest absolute Gasteiger partial charge is 0.376 e. The predicted octanol–water partition coefficient (Wildman–Crippen LogP) is 2.52. The fourth-order valence-corrected chi connectivity index (χ4v) is 2.63.